The molecule has 2 aliphatic rings. The van der Waals surface area contributed by atoms with E-state index in [9.17, 15) is 0 Å². The SMILES string of the molecule is CCc1ccn(C2=NC(N3CC(CCCN(NC)C(C)C)CCC3(C)C)C(C(C)N)C=C2)n1. The molecule has 33 heavy (non-hydrogen) atoms. The minimum atomic E-state index is 0.0431. The highest BCUT2D eigenvalue weighted by Crippen LogP contribution is 2.37. The Labute approximate surface area is 201 Å². The Morgan fingerprint density at radius 3 is 2.67 bits per heavy atom. The van der Waals surface area contributed by atoms with Crippen LogP contribution in [0.25, 0.3) is 0 Å². The molecule has 1 fully saturated rings. The van der Waals surface area contributed by atoms with E-state index in [1.807, 2.05) is 17.9 Å². The van der Waals surface area contributed by atoms with Crippen molar-refractivity contribution in [3.05, 3.63) is 30.1 Å². The molecule has 0 amide bonds. The molecule has 7 heteroatoms. The van der Waals surface area contributed by atoms with Gasteiger partial charge in [-0.1, -0.05) is 13.0 Å². The van der Waals surface area contributed by atoms with Crippen LogP contribution in [0, 0.1) is 11.8 Å². The number of hydrogen-bond donors (Lipinski definition) is 2. The fourth-order valence-electron chi connectivity index (χ4n) is 5.30. The third kappa shape index (κ3) is 6.32. The van der Waals surface area contributed by atoms with Crippen molar-refractivity contribution >= 4 is 5.84 Å². The molecule has 0 spiro atoms. The van der Waals surface area contributed by atoms with Gasteiger partial charge in [-0.15, -0.1) is 0 Å². The number of nitrogens with one attached hydrogen (secondary N) is 1. The lowest BCUT2D eigenvalue weighted by molar-refractivity contribution is -0.0109. The number of aliphatic imine (C=N–C) groups is 1. The summed E-state index contributed by atoms with van der Waals surface area (Å²) in [5, 5.41) is 7.03. The fourth-order valence-corrected chi connectivity index (χ4v) is 5.30. The van der Waals surface area contributed by atoms with E-state index in [-0.39, 0.29) is 23.7 Å². The zero-order valence-electron chi connectivity index (χ0n) is 22.0. The molecule has 0 radical (unpaired) electrons. The number of dihydropyridines is 1. The van der Waals surface area contributed by atoms with Crippen LogP contribution < -0.4 is 11.2 Å². The summed E-state index contributed by atoms with van der Waals surface area (Å²) in [7, 11) is 2.02. The Balaban J connectivity index is 1.77. The van der Waals surface area contributed by atoms with Crippen molar-refractivity contribution in [3.8, 4) is 0 Å². The van der Waals surface area contributed by atoms with Crippen LogP contribution in [0.3, 0.4) is 0 Å². The standard InChI is InChI=1S/C26H47N7/c1-8-22-14-17-33(30-22)24-12-11-23(20(4)27)25(29-24)31-18-21(13-15-26(31,5)6)10-9-16-32(28-7)19(2)3/h11-12,14,17,19-21,23,25,28H,8-10,13,15-16,18,27H2,1-7H3. The summed E-state index contributed by atoms with van der Waals surface area (Å²) < 4.78 is 1.92. The molecule has 1 aromatic heterocycles. The van der Waals surface area contributed by atoms with Crippen molar-refractivity contribution in [3.63, 3.8) is 0 Å². The van der Waals surface area contributed by atoms with E-state index < -0.39 is 0 Å². The number of piperidine rings is 1. The van der Waals surface area contributed by atoms with Crippen molar-refractivity contribution in [2.75, 3.05) is 20.1 Å². The first-order valence-electron chi connectivity index (χ1n) is 12.9. The van der Waals surface area contributed by atoms with Crippen LogP contribution in [0.2, 0.25) is 0 Å². The molecule has 0 aromatic carbocycles. The van der Waals surface area contributed by atoms with Gasteiger partial charge in [0.05, 0.1) is 5.69 Å². The van der Waals surface area contributed by atoms with E-state index in [2.05, 4.69) is 75.1 Å². The normalized spacial score (nSPS) is 26.7. The number of nitrogens with zero attached hydrogens (tertiary/aromatic N) is 5. The molecule has 0 saturated carbocycles. The smallest absolute Gasteiger partial charge is 0.150 e. The number of rotatable bonds is 9. The van der Waals surface area contributed by atoms with Gasteiger partial charge in [-0.05, 0) is 91.8 Å². The van der Waals surface area contributed by atoms with E-state index >= 15 is 0 Å². The van der Waals surface area contributed by atoms with Crippen molar-refractivity contribution in [1.82, 2.24) is 25.1 Å². The van der Waals surface area contributed by atoms with E-state index in [0.29, 0.717) is 12.0 Å². The molecule has 7 nitrogen and oxygen atoms in total. The summed E-state index contributed by atoms with van der Waals surface area (Å²) in [5.74, 6) is 1.81. The lowest BCUT2D eigenvalue weighted by atomic mass is 9.80. The Morgan fingerprint density at radius 2 is 2.06 bits per heavy atom. The summed E-state index contributed by atoms with van der Waals surface area (Å²) in [6.45, 7) is 15.6. The van der Waals surface area contributed by atoms with Crippen LogP contribution in [-0.2, 0) is 6.42 Å². The van der Waals surface area contributed by atoms with E-state index in [4.69, 9.17) is 15.8 Å². The second-order valence-corrected chi connectivity index (χ2v) is 10.8. The van der Waals surface area contributed by atoms with Gasteiger partial charge in [0.25, 0.3) is 0 Å². The minimum absolute atomic E-state index is 0.0431. The minimum Gasteiger partial charge on any atom is -0.327 e. The number of aromatic nitrogens is 2. The molecular formula is C26H47N7. The van der Waals surface area contributed by atoms with Gasteiger partial charge in [0.2, 0.25) is 0 Å². The summed E-state index contributed by atoms with van der Waals surface area (Å²) in [5.41, 5.74) is 11.0. The average molecular weight is 458 g/mol. The zero-order chi connectivity index (χ0) is 24.2. The van der Waals surface area contributed by atoms with Crippen molar-refractivity contribution in [1.29, 1.82) is 0 Å². The number of nitrogens with two attached hydrogens (primary N) is 1. The highest BCUT2D eigenvalue weighted by atomic mass is 15.5. The van der Waals surface area contributed by atoms with Crippen LogP contribution >= 0.6 is 0 Å². The topological polar surface area (TPSA) is 74.7 Å². The molecule has 1 saturated heterocycles. The summed E-state index contributed by atoms with van der Waals surface area (Å²) in [4.78, 5) is 7.90. The van der Waals surface area contributed by atoms with Gasteiger partial charge in [-0.2, -0.15) is 5.10 Å². The summed E-state index contributed by atoms with van der Waals surface area (Å²) in [6, 6.07) is 2.64. The second-order valence-electron chi connectivity index (χ2n) is 10.8. The van der Waals surface area contributed by atoms with Gasteiger partial charge < -0.3 is 5.73 Å². The third-order valence-corrected chi connectivity index (χ3v) is 7.56. The molecule has 186 valence electrons. The lowest BCUT2D eigenvalue weighted by Gasteiger charge is -2.51. The first-order chi connectivity index (χ1) is 15.7. The predicted molar refractivity (Wildman–Crippen MR) is 138 cm³/mol. The first kappa shape index (κ1) is 26.1. The van der Waals surface area contributed by atoms with Crippen LogP contribution in [0.5, 0.6) is 0 Å². The van der Waals surface area contributed by atoms with Crippen LogP contribution in [0.1, 0.15) is 72.9 Å². The monoisotopic (exact) mass is 457 g/mol. The molecule has 2 aliphatic heterocycles. The predicted octanol–water partition coefficient (Wildman–Crippen LogP) is 3.67. The quantitative estimate of drug-likeness (QED) is 0.554. The molecule has 4 atom stereocenters. The van der Waals surface area contributed by atoms with Crippen molar-refractivity contribution in [2.24, 2.45) is 22.6 Å². The largest absolute Gasteiger partial charge is 0.327 e. The van der Waals surface area contributed by atoms with Gasteiger partial charge in [-0.25, -0.2) is 14.7 Å². The molecule has 0 bridgehead atoms. The Kier molecular flexibility index (Phi) is 8.89. The number of hydrazine groups is 1. The molecule has 1 aromatic rings. The van der Waals surface area contributed by atoms with E-state index in [0.717, 1.165) is 31.0 Å². The Hall–Kier alpha value is -1.54. The molecular weight excluding hydrogens is 410 g/mol. The van der Waals surface area contributed by atoms with Crippen LogP contribution in [-0.4, -0.2) is 69.5 Å². The van der Waals surface area contributed by atoms with Gasteiger partial charge in [0.15, 0.2) is 0 Å². The number of hydrogen-bond acceptors (Lipinski definition) is 6. The maximum atomic E-state index is 6.47. The summed E-state index contributed by atoms with van der Waals surface area (Å²) >= 11 is 0. The van der Waals surface area contributed by atoms with E-state index in [1.165, 1.54) is 25.7 Å². The van der Waals surface area contributed by atoms with Crippen molar-refractivity contribution in [2.45, 2.75) is 97.4 Å². The molecule has 0 aliphatic carbocycles. The Morgan fingerprint density at radius 1 is 1.30 bits per heavy atom. The van der Waals surface area contributed by atoms with E-state index in [1.54, 1.807) is 0 Å². The lowest BCUT2D eigenvalue weighted by Crippen LogP contribution is -2.59. The first-order valence-corrected chi connectivity index (χ1v) is 12.9. The van der Waals surface area contributed by atoms with Gasteiger partial charge in [0, 0.05) is 42.8 Å². The third-order valence-electron chi connectivity index (χ3n) is 7.56. The average Bonchev–Trinajstić information content (AvgIpc) is 3.26. The zero-order valence-corrected chi connectivity index (χ0v) is 22.0. The van der Waals surface area contributed by atoms with Gasteiger partial charge in [-0.3, -0.25) is 10.3 Å². The second kappa shape index (κ2) is 11.3. The molecule has 3 N–H and O–H groups in total. The number of likely N-dealkylation sites (tertiary alicyclic amines) is 1. The highest BCUT2D eigenvalue weighted by Gasteiger charge is 2.42. The highest BCUT2D eigenvalue weighted by molar-refractivity contribution is 5.95. The van der Waals surface area contributed by atoms with Gasteiger partial charge >= 0.3 is 0 Å². The molecule has 3 rings (SSSR count). The number of aryl methyl sites for hydroxylation is 1. The molecule has 3 heterocycles. The van der Waals surface area contributed by atoms with Crippen molar-refractivity contribution < 1.29 is 0 Å². The maximum Gasteiger partial charge on any atom is 0.150 e. The molecule has 4 unspecified atom stereocenters. The van der Waals surface area contributed by atoms with Crippen LogP contribution in [0.4, 0.5) is 0 Å². The number of allylic oxidation sites excluding steroid dienone is 1. The fraction of sp³-hybridized carbons (Fsp3) is 0.769. The summed E-state index contributed by atoms with van der Waals surface area (Å²) in [6.07, 6.45) is 12.3. The Bertz CT molecular complexity index is 807. The van der Waals surface area contributed by atoms with Crippen LogP contribution in [0.15, 0.2) is 29.4 Å². The van der Waals surface area contributed by atoms with Gasteiger partial charge in [0.1, 0.15) is 12.0 Å². The maximum absolute atomic E-state index is 6.47.